The first-order valence-electron chi connectivity index (χ1n) is 10.8. The number of nitrogens with zero attached hydrogens (tertiary/aromatic N) is 1. The standard InChI is InChI=1S/C28H22FNO5/c1-19(31)30(27-16-21(29)10-15-26(27)28(32)33)22-11-13-23(14-12-22)35-25-9-5-8-24(17-25)34-18-20-6-3-2-4-7-20/h2-17H,18H2,1H3,(H,32,33). The monoisotopic (exact) mass is 471 g/mol. The number of hydrogen-bond donors (Lipinski definition) is 1. The molecule has 7 heteroatoms. The quantitative estimate of drug-likeness (QED) is 0.314. The van der Waals surface area contributed by atoms with E-state index in [0.29, 0.717) is 29.5 Å². The Bertz CT molecular complexity index is 1340. The van der Waals surface area contributed by atoms with Gasteiger partial charge in [0.15, 0.2) is 0 Å². The molecule has 0 bridgehead atoms. The number of benzene rings is 4. The van der Waals surface area contributed by atoms with E-state index in [-0.39, 0.29) is 11.3 Å². The van der Waals surface area contributed by atoms with Gasteiger partial charge in [-0.2, -0.15) is 0 Å². The first kappa shape index (κ1) is 23.5. The van der Waals surface area contributed by atoms with E-state index in [1.807, 2.05) is 42.5 Å². The molecule has 1 N–H and O–H groups in total. The molecule has 0 heterocycles. The van der Waals surface area contributed by atoms with Crippen LogP contribution in [0.15, 0.2) is 97.1 Å². The van der Waals surface area contributed by atoms with Crippen LogP contribution in [0.25, 0.3) is 0 Å². The third kappa shape index (κ3) is 5.83. The molecule has 1 amide bonds. The number of carbonyl (C=O) groups excluding carboxylic acids is 1. The molecule has 0 aliphatic rings. The van der Waals surface area contributed by atoms with Gasteiger partial charge in [-0.15, -0.1) is 0 Å². The Morgan fingerprint density at radius 1 is 0.829 bits per heavy atom. The fourth-order valence-corrected chi connectivity index (χ4v) is 3.53. The van der Waals surface area contributed by atoms with Gasteiger partial charge >= 0.3 is 5.97 Å². The second-order valence-corrected chi connectivity index (χ2v) is 7.67. The summed E-state index contributed by atoms with van der Waals surface area (Å²) in [5.74, 6) is -0.667. The Balaban J connectivity index is 1.51. The van der Waals surface area contributed by atoms with Crippen molar-refractivity contribution in [3.05, 3.63) is 114 Å². The number of rotatable bonds is 8. The van der Waals surface area contributed by atoms with Crippen LogP contribution < -0.4 is 14.4 Å². The van der Waals surface area contributed by atoms with E-state index in [4.69, 9.17) is 9.47 Å². The van der Waals surface area contributed by atoms with E-state index < -0.39 is 17.7 Å². The predicted octanol–water partition coefficient (Wildman–Crippen LogP) is 6.58. The van der Waals surface area contributed by atoms with Crippen LogP contribution in [-0.4, -0.2) is 17.0 Å². The van der Waals surface area contributed by atoms with Gasteiger partial charge in [0.1, 0.15) is 29.7 Å². The third-order valence-electron chi connectivity index (χ3n) is 5.13. The van der Waals surface area contributed by atoms with Crippen molar-refractivity contribution in [2.24, 2.45) is 0 Å². The number of ether oxygens (including phenoxy) is 2. The van der Waals surface area contributed by atoms with Crippen LogP contribution >= 0.6 is 0 Å². The van der Waals surface area contributed by atoms with Gasteiger partial charge in [0.2, 0.25) is 5.91 Å². The van der Waals surface area contributed by atoms with Crippen LogP contribution in [0.4, 0.5) is 15.8 Å². The van der Waals surface area contributed by atoms with Gasteiger partial charge in [-0.3, -0.25) is 9.69 Å². The number of amides is 1. The maximum absolute atomic E-state index is 13.9. The maximum atomic E-state index is 13.9. The van der Waals surface area contributed by atoms with Gasteiger partial charge in [0.25, 0.3) is 0 Å². The van der Waals surface area contributed by atoms with Crippen LogP contribution in [0.3, 0.4) is 0 Å². The highest BCUT2D eigenvalue weighted by Gasteiger charge is 2.22. The molecule has 0 spiro atoms. The highest BCUT2D eigenvalue weighted by molar-refractivity contribution is 6.05. The normalized spacial score (nSPS) is 10.5. The molecule has 0 aliphatic heterocycles. The number of carboxylic acid groups (broad SMARTS) is 1. The SMILES string of the molecule is CC(=O)N(c1ccc(Oc2cccc(OCc3ccccc3)c2)cc1)c1cc(F)ccc1C(=O)O. The fraction of sp³-hybridized carbons (Fsp3) is 0.0714. The Hall–Kier alpha value is -4.65. The number of hydrogen-bond acceptors (Lipinski definition) is 4. The molecule has 0 aromatic heterocycles. The lowest BCUT2D eigenvalue weighted by atomic mass is 10.1. The van der Waals surface area contributed by atoms with Crippen molar-refractivity contribution in [1.29, 1.82) is 0 Å². The second-order valence-electron chi connectivity index (χ2n) is 7.67. The molecule has 0 radical (unpaired) electrons. The van der Waals surface area contributed by atoms with Crippen molar-refractivity contribution in [3.8, 4) is 17.2 Å². The summed E-state index contributed by atoms with van der Waals surface area (Å²) in [5, 5.41) is 9.48. The van der Waals surface area contributed by atoms with Crippen LogP contribution in [0.2, 0.25) is 0 Å². The first-order valence-corrected chi connectivity index (χ1v) is 10.8. The Morgan fingerprint density at radius 2 is 1.54 bits per heavy atom. The van der Waals surface area contributed by atoms with Crippen LogP contribution in [0.1, 0.15) is 22.8 Å². The highest BCUT2D eigenvalue weighted by Crippen LogP contribution is 2.32. The number of aromatic carboxylic acids is 1. The molecular formula is C28H22FNO5. The molecule has 0 fully saturated rings. The minimum absolute atomic E-state index is 0.0538. The van der Waals surface area contributed by atoms with Crippen molar-refractivity contribution in [3.63, 3.8) is 0 Å². The summed E-state index contributed by atoms with van der Waals surface area (Å²) < 4.78 is 25.6. The van der Waals surface area contributed by atoms with Crippen molar-refractivity contribution in [1.82, 2.24) is 0 Å². The van der Waals surface area contributed by atoms with E-state index in [2.05, 4.69) is 0 Å². The lowest BCUT2D eigenvalue weighted by Crippen LogP contribution is -2.25. The molecule has 6 nitrogen and oxygen atoms in total. The van der Waals surface area contributed by atoms with E-state index >= 15 is 0 Å². The maximum Gasteiger partial charge on any atom is 0.337 e. The largest absolute Gasteiger partial charge is 0.489 e. The zero-order chi connectivity index (χ0) is 24.8. The predicted molar refractivity (Wildman–Crippen MR) is 130 cm³/mol. The van der Waals surface area contributed by atoms with E-state index in [1.54, 1.807) is 36.4 Å². The fourth-order valence-electron chi connectivity index (χ4n) is 3.53. The topological polar surface area (TPSA) is 76.1 Å². The first-order chi connectivity index (χ1) is 16.9. The van der Waals surface area contributed by atoms with Gasteiger partial charge in [0, 0.05) is 18.7 Å². The molecule has 4 aromatic carbocycles. The van der Waals surface area contributed by atoms with Crippen molar-refractivity contribution >= 4 is 23.3 Å². The molecular weight excluding hydrogens is 449 g/mol. The zero-order valence-corrected chi connectivity index (χ0v) is 18.9. The van der Waals surface area contributed by atoms with E-state index in [9.17, 15) is 19.1 Å². The van der Waals surface area contributed by atoms with Gasteiger partial charge < -0.3 is 14.6 Å². The minimum atomic E-state index is -1.26. The average Bonchev–Trinajstić information content (AvgIpc) is 2.84. The van der Waals surface area contributed by atoms with Gasteiger partial charge in [0.05, 0.1) is 11.3 Å². The smallest absolute Gasteiger partial charge is 0.337 e. The average molecular weight is 471 g/mol. The third-order valence-corrected chi connectivity index (χ3v) is 5.13. The van der Waals surface area contributed by atoms with Crippen molar-refractivity contribution < 1.29 is 28.6 Å². The zero-order valence-electron chi connectivity index (χ0n) is 18.9. The lowest BCUT2D eigenvalue weighted by molar-refractivity contribution is -0.115. The lowest BCUT2D eigenvalue weighted by Gasteiger charge is -2.23. The van der Waals surface area contributed by atoms with E-state index in [1.165, 1.54) is 6.92 Å². The molecule has 0 aliphatic carbocycles. The Labute approximate surface area is 201 Å². The highest BCUT2D eigenvalue weighted by atomic mass is 19.1. The van der Waals surface area contributed by atoms with Gasteiger partial charge in [-0.1, -0.05) is 36.4 Å². The number of carboxylic acids is 1. The molecule has 0 saturated heterocycles. The van der Waals surface area contributed by atoms with E-state index in [0.717, 1.165) is 28.7 Å². The number of carbonyl (C=O) groups is 2. The molecule has 0 saturated carbocycles. The number of halogens is 1. The van der Waals surface area contributed by atoms with Gasteiger partial charge in [-0.25, -0.2) is 9.18 Å². The molecule has 0 atom stereocenters. The van der Waals surface area contributed by atoms with Gasteiger partial charge in [-0.05, 0) is 60.2 Å². The second kappa shape index (κ2) is 10.5. The minimum Gasteiger partial charge on any atom is -0.489 e. The van der Waals surface area contributed by atoms with Crippen LogP contribution in [0, 0.1) is 5.82 Å². The summed E-state index contributed by atoms with van der Waals surface area (Å²) in [5.41, 5.74) is 1.18. The van der Waals surface area contributed by atoms with Crippen LogP contribution in [-0.2, 0) is 11.4 Å². The molecule has 0 unspecified atom stereocenters. The number of anilines is 2. The van der Waals surface area contributed by atoms with Crippen molar-refractivity contribution in [2.75, 3.05) is 4.90 Å². The molecule has 4 aromatic rings. The van der Waals surface area contributed by atoms with Crippen LogP contribution in [0.5, 0.6) is 17.2 Å². The molecule has 35 heavy (non-hydrogen) atoms. The Kier molecular flexibility index (Phi) is 7.07. The summed E-state index contributed by atoms with van der Waals surface area (Å²) in [6.45, 7) is 1.71. The summed E-state index contributed by atoms with van der Waals surface area (Å²) >= 11 is 0. The summed E-state index contributed by atoms with van der Waals surface area (Å²) in [7, 11) is 0. The molecule has 4 rings (SSSR count). The van der Waals surface area contributed by atoms with Crippen molar-refractivity contribution in [2.45, 2.75) is 13.5 Å². The Morgan fingerprint density at radius 3 is 2.23 bits per heavy atom. The summed E-state index contributed by atoms with van der Waals surface area (Å²) in [6, 6.07) is 26.7. The summed E-state index contributed by atoms with van der Waals surface area (Å²) in [4.78, 5) is 25.1. The summed E-state index contributed by atoms with van der Waals surface area (Å²) in [6.07, 6.45) is 0. The molecule has 176 valence electrons.